The Morgan fingerprint density at radius 2 is 1.16 bits per heavy atom. The van der Waals surface area contributed by atoms with Gasteiger partial charge in [0.25, 0.3) is 0 Å². The van der Waals surface area contributed by atoms with E-state index in [0.29, 0.717) is 5.41 Å². The average Bonchev–Trinajstić information content (AvgIpc) is 3.52. The molecule has 3 atom stereocenters. The quantitative estimate of drug-likeness (QED) is 0.166. The minimum absolute atomic E-state index is 0. The summed E-state index contributed by atoms with van der Waals surface area (Å²) in [6.45, 7) is 7.32. The SMILES string of the molecule is CC(C)(C)C1CCC2CCCCC21.COc1cccc(OC)c1-c1ccccc1[PH+](C1CCCCC1)C1CCCCC1.[CH3-].[Cl][Pd+]. The Morgan fingerprint density at radius 1 is 0.644 bits per heavy atom. The summed E-state index contributed by atoms with van der Waals surface area (Å²) in [6.07, 6.45) is 23.4. The van der Waals surface area contributed by atoms with Crippen LogP contribution in [0.5, 0.6) is 11.5 Å². The normalized spacial score (nSPS) is 23.9. The predicted molar refractivity (Wildman–Crippen MR) is 197 cm³/mol. The van der Waals surface area contributed by atoms with Gasteiger partial charge >= 0.3 is 27.7 Å². The summed E-state index contributed by atoms with van der Waals surface area (Å²) in [5.41, 5.74) is 4.89. The Bertz CT molecular complexity index is 1080. The zero-order chi connectivity index (χ0) is 31.5. The van der Waals surface area contributed by atoms with Crippen LogP contribution < -0.4 is 14.8 Å². The van der Waals surface area contributed by atoms with Crippen LogP contribution >= 0.6 is 17.5 Å². The Labute approximate surface area is 293 Å². The Kier molecular flexibility index (Phi) is 16.8. The second-order valence-corrected chi connectivity index (χ2v) is 18.0. The van der Waals surface area contributed by atoms with E-state index >= 15 is 0 Å². The van der Waals surface area contributed by atoms with Crippen LogP contribution in [0.2, 0.25) is 0 Å². The van der Waals surface area contributed by atoms with Gasteiger partial charge in [0.2, 0.25) is 0 Å². The number of benzene rings is 2. The van der Waals surface area contributed by atoms with Crippen LogP contribution in [0.3, 0.4) is 0 Å². The zero-order valence-corrected chi connectivity index (χ0v) is 32.6. The van der Waals surface area contributed by atoms with Gasteiger partial charge in [0.05, 0.1) is 31.1 Å². The Hall–Kier alpha value is -0.578. The van der Waals surface area contributed by atoms with Crippen molar-refractivity contribution in [2.24, 2.45) is 23.2 Å². The van der Waals surface area contributed by atoms with Crippen molar-refractivity contribution < 1.29 is 27.7 Å². The first-order chi connectivity index (χ1) is 21.4. The van der Waals surface area contributed by atoms with E-state index in [1.54, 1.807) is 19.5 Å². The van der Waals surface area contributed by atoms with Crippen LogP contribution in [0.1, 0.15) is 124 Å². The van der Waals surface area contributed by atoms with E-state index < -0.39 is 7.92 Å². The molecule has 4 fully saturated rings. The molecule has 0 saturated heterocycles. The first kappa shape index (κ1) is 38.9. The van der Waals surface area contributed by atoms with Crippen LogP contribution in [0.15, 0.2) is 42.5 Å². The molecule has 2 aromatic rings. The van der Waals surface area contributed by atoms with Crippen LogP contribution in [-0.4, -0.2) is 25.5 Å². The van der Waals surface area contributed by atoms with Crippen LogP contribution in [0.4, 0.5) is 0 Å². The molecule has 0 N–H and O–H groups in total. The zero-order valence-electron chi connectivity index (χ0n) is 29.3. The van der Waals surface area contributed by atoms with Gasteiger partial charge in [-0.15, -0.1) is 0 Å². The van der Waals surface area contributed by atoms with Gasteiger partial charge in [-0.1, -0.05) is 77.1 Å². The molecule has 4 saturated carbocycles. The second-order valence-electron chi connectivity index (χ2n) is 15.0. The summed E-state index contributed by atoms with van der Waals surface area (Å²) in [5, 5.41) is 1.62. The number of hydrogen-bond donors (Lipinski definition) is 0. The van der Waals surface area contributed by atoms with Crippen molar-refractivity contribution in [2.75, 3.05) is 14.2 Å². The molecule has 0 bridgehead atoms. The van der Waals surface area contributed by atoms with E-state index in [0.717, 1.165) is 46.1 Å². The number of hydrogen-bond acceptors (Lipinski definition) is 2. The molecule has 2 nitrogen and oxygen atoms in total. The van der Waals surface area contributed by atoms with E-state index in [9.17, 15) is 0 Å². The third-order valence-electron chi connectivity index (χ3n) is 11.5. The van der Waals surface area contributed by atoms with Crippen molar-refractivity contribution in [3.8, 4) is 22.6 Å². The van der Waals surface area contributed by atoms with Crippen LogP contribution in [0.25, 0.3) is 11.1 Å². The number of ether oxygens (including phenoxy) is 2. The molecule has 0 aromatic heterocycles. The molecule has 6 rings (SSSR count). The van der Waals surface area contributed by atoms with E-state index in [2.05, 4.69) is 84.9 Å². The number of rotatable bonds is 6. The standard InChI is InChI=1S/C26H35O2P.C13H24.CH3.ClH.Pd/c1-27-23-17-11-18-24(28-2)26(23)22-16-9-10-19-25(22)29(20-12-5-3-6-13-20)21-14-7-4-8-15-21;1-13(2,3)12-9-8-10-6-4-5-7-11(10)12;;;/h9-11,16-21H,3-8,12-15H2,1-2H3;10-12H,4-9H2,1-3H3;1H3;1H;/q;;-1;;+2. The number of fused-ring (bicyclic) bond motifs is 1. The topological polar surface area (TPSA) is 18.5 Å². The molecule has 2 aromatic carbocycles. The molecule has 45 heavy (non-hydrogen) atoms. The van der Waals surface area contributed by atoms with Crippen molar-refractivity contribution in [2.45, 2.75) is 135 Å². The summed E-state index contributed by atoms with van der Waals surface area (Å²) < 4.78 is 11.6. The Morgan fingerprint density at radius 3 is 1.69 bits per heavy atom. The van der Waals surface area contributed by atoms with E-state index in [-0.39, 0.29) is 7.43 Å². The van der Waals surface area contributed by atoms with Crippen molar-refractivity contribution in [1.29, 1.82) is 0 Å². The summed E-state index contributed by atoms with van der Waals surface area (Å²) in [6, 6.07) is 15.4. The van der Waals surface area contributed by atoms with E-state index in [1.807, 2.05) is 6.07 Å². The van der Waals surface area contributed by atoms with Gasteiger partial charge in [0.15, 0.2) is 0 Å². The van der Waals surface area contributed by atoms with Gasteiger partial charge in [0, 0.05) is 13.5 Å². The molecule has 3 unspecified atom stereocenters. The first-order valence-corrected chi connectivity index (χ1v) is 21.4. The third-order valence-corrected chi connectivity index (χ3v) is 15.4. The second kappa shape index (κ2) is 19.4. The van der Waals surface area contributed by atoms with Gasteiger partial charge in [-0.2, -0.15) is 0 Å². The van der Waals surface area contributed by atoms with Crippen LogP contribution in [-0.2, 0) is 18.2 Å². The van der Waals surface area contributed by atoms with Crippen molar-refractivity contribution in [3.63, 3.8) is 0 Å². The average molecular weight is 749 g/mol. The molecule has 5 heteroatoms. The molecular formula is C40H63ClO2PPd+. The molecule has 0 amide bonds. The van der Waals surface area contributed by atoms with Crippen LogP contribution in [0, 0.1) is 30.6 Å². The molecule has 0 aliphatic heterocycles. The van der Waals surface area contributed by atoms with Crippen molar-refractivity contribution >= 4 is 22.8 Å². The molecule has 256 valence electrons. The predicted octanol–water partition coefficient (Wildman–Crippen LogP) is 12.3. The first-order valence-electron chi connectivity index (χ1n) is 17.7. The summed E-state index contributed by atoms with van der Waals surface area (Å²) in [5.74, 6) is 5.07. The Balaban J connectivity index is 0.000000289. The maximum atomic E-state index is 5.80. The summed E-state index contributed by atoms with van der Waals surface area (Å²) >= 11 is 2.22. The van der Waals surface area contributed by atoms with E-state index in [4.69, 9.17) is 9.47 Å². The van der Waals surface area contributed by atoms with Gasteiger partial charge in [-0.3, -0.25) is 0 Å². The fraction of sp³-hybridized carbons (Fsp3) is 0.675. The minimum atomic E-state index is -0.660. The molecular weight excluding hydrogens is 685 g/mol. The number of halogens is 1. The van der Waals surface area contributed by atoms with E-state index in [1.165, 1.54) is 108 Å². The molecule has 0 spiro atoms. The van der Waals surface area contributed by atoms with Crippen molar-refractivity contribution in [3.05, 3.63) is 49.9 Å². The summed E-state index contributed by atoms with van der Waals surface area (Å²) in [7, 11) is 7.37. The fourth-order valence-corrected chi connectivity index (χ4v) is 13.9. The molecule has 4 aliphatic carbocycles. The monoisotopic (exact) mass is 747 g/mol. The third kappa shape index (κ3) is 9.98. The van der Waals surface area contributed by atoms with Crippen molar-refractivity contribution in [1.82, 2.24) is 0 Å². The molecule has 4 aliphatic rings. The summed E-state index contributed by atoms with van der Waals surface area (Å²) in [4.78, 5) is 0. The van der Waals surface area contributed by atoms with Gasteiger partial charge in [-0.05, 0) is 112 Å². The molecule has 0 radical (unpaired) electrons. The molecule has 0 heterocycles. The number of methoxy groups -OCH3 is 2. The fourth-order valence-electron chi connectivity index (χ4n) is 9.48. The maximum absolute atomic E-state index is 5.80. The van der Waals surface area contributed by atoms with Gasteiger partial charge in [-0.25, -0.2) is 0 Å². The van der Waals surface area contributed by atoms with Gasteiger partial charge < -0.3 is 16.9 Å². The van der Waals surface area contributed by atoms with Gasteiger partial charge in [0.1, 0.15) is 16.8 Å².